The van der Waals surface area contributed by atoms with Gasteiger partial charge < -0.3 is 14.2 Å². The van der Waals surface area contributed by atoms with E-state index in [2.05, 4.69) is 4.74 Å². The molecule has 21 heavy (non-hydrogen) atoms. The summed E-state index contributed by atoms with van der Waals surface area (Å²) in [5.74, 6) is -0.155. The topological polar surface area (TPSA) is 44.8 Å². The number of hydrogen-bond donors (Lipinski definition) is 0. The second-order valence-corrected chi connectivity index (χ2v) is 5.72. The van der Waals surface area contributed by atoms with E-state index in [1.54, 1.807) is 0 Å². The summed E-state index contributed by atoms with van der Waals surface area (Å²) in [6.07, 6.45) is -1.46. The van der Waals surface area contributed by atoms with Gasteiger partial charge in [0.15, 0.2) is 0 Å². The normalized spacial score (nSPS) is 26.0. The van der Waals surface area contributed by atoms with Gasteiger partial charge in [-0.2, -0.15) is 13.2 Å². The minimum absolute atomic E-state index is 0.0219. The van der Waals surface area contributed by atoms with E-state index in [9.17, 15) is 18.0 Å². The van der Waals surface area contributed by atoms with Crippen LogP contribution in [0.4, 0.5) is 13.2 Å². The van der Waals surface area contributed by atoms with Crippen molar-refractivity contribution >= 4 is 5.78 Å². The van der Waals surface area contributed by atoms with Gasteiger partial charge in [0.25, 0.3) is 0 Å². The molecule has 0 aliphatic carbocycles. The zero-order valence-corrected chi connectivity index (χ0v) is 11.9. The van der Waals surface area contributed by atoms with Crippen LogP contribution in [0.25, 0.3) is 0 Å². The van der Waals surface area contributed by atoms with Crippen LogP contribution in [0.5, 0.6) is 0 Å². The summed E-state index contributed by atoms with van der Waals surface area (Å²) < 4.78 is 51.5. The summed E-state index contributed by atoms with van der Waals surface area (Å²) in [5.41, 5.74) is -0.274. The van der Waals surface area contributed by atoms with E-state index in [1.165, 1.54) is 0 Å². The fraction of sp³-hybridized carbons (Fsp3) is 0.929. The van der Waals surface area contributed by atoms with Gasteiger partial charge in [-0.05, 0) is 25.7 Å². The Morgan fingerprint density at radius 3 is 2.62 bits per heavy atom. The number of carbonyl (C=O) groups excluding carboxylic acids is 1. The summed E-state index contributed by atoms with van der Waals surface area (Å²) in [7, 11) is 0. The molecular weight excluding hydrogens is 289 g/mol. The second kappa shape index (κ2) is 7.07. The van der Waals surface area contributed by atoms with E-state index in [4.69, 9.17) is 9.47 Å². The largest absolute Gasteiger partial charge is 0.411 e. The molecule has 1 unspecified atom stereocenters. The Balaban J connectivity index is 1.74. The smallest absolute Gasteiger partial charge is 0.381 e. The average Bonchev–Trinajstić information content (AvgIpc) is 2.43. The van der Waals surface area contributed by atoms with Gasteiger partial charge in [-0.3, -0.25) is 4.79 Å². The molecule has 2 fully saturated rings. The summed E-state index contributed by atoms with van der Waals surface area (Å²) in [4.78, 5) is 12.1. The van der Waals surface area contributed by atoms with Crippen molar-refractivity contribution in [1.82, 2.24) is 0 Å². The molecule has 0 aromatic heterocycles. The zero-order valence-electron chi connectivity index (χ0n) is 11.9. The number of Topliss-reactive ketones (excluding diaryl/α,β-unsaturated/α-hetero) is 1. The predicted molar refractivity (Wildman–Crippen MR) is 68.0 cm³/mol. The highest BCUT2D eigenvalue weighted by Crippen LogP contribution is 2.37. The molecule has 0 radical (unpaired) electrons. The molecule has 2 rings (SSSR count). The molecule has 0 amide bonds. The number of ether oxygens (including phenoxy) is 3. The lowest BCUT2D eigenvalue weighted by atomic mass is 9.78. The van der Waals surface area contributed by atoms with Crippen molar-refractivity contribution in [3.63, 3.8) is 0 Å². The monoisotopic (exact) mass is 310 g/mol. The molecule has 4 nitrogen and oxygen atoms in total. The summed E-state index contributed by atoms with van der Waals surface area (Å²) in [6, 6.07) is 0. The number of halogens is 3. The lowest BCUT2D eigenvalue weighted by Gasteiger charge is -2.42. The van der Waals surface area contributed by atoms with Crippen molar-refractivity contribution in [1.29, 1.82) is 0 Å². The molecule has 0 aromatic carbocycles. The number of carbonyl (C=O) groups is 1. The predicted octanol–water partition coefficient (Wildman–Crippen LogP) is 2.50. The highest BCUT2D eigenvalue weighted by Gasteiger charge is 2.40. The number of alkyl halides is 3. The first kappa shape index (κ1) is 16.7. The van der Waals surface area contributed by atoms with Crippen molar-refractivity contribution in [2.45, 2.75) is 43.9 Å². The molecule has 2 aliphatic rings. The molecular formula is C14H21F3O4. The number of hydrogen-bond acceptors (Lipinski definition) is 4. The second-order valence-electron chi connectivity index (χ2n) is 5.72. The third-order valence-electron chi connectivity index (χ3n) is 4.11. The van der Waals surface area contributed by atoms with Crippen LogP contribution in [0.3, 0.4) is 0 Å². The molecule has 1 atom stereocenters. The Morgan fingerprint density at radius 2 is 1.95 bits per heavy atom. The van der Waals surface area contributed by atoms with Gasteiger partial charge in [0.05, 0.1) is 12.2 Å². The molecule has 0 saturated carbocycles. The van der Waals surface area contributed by atoms with E-state index in [1.807, 2.05) is 0 Å². The average molecular weight is 310 g/mol. The Bertz CT molecular complexity index is 345. The van der Waals surface area contributed by atoms with Gasteiger partial charge in [0, 0.05) is 32.2 Å². The van der Waals surface area contributed by atoms with E-state index in [0.717, 1.165) is 12.8 Å². The molecule has 2 aliphatic heterocycles. The van der Waals surface area contributed by atoms with Crippen molar-refractivity contribution < 1.29 is 32.2 Å². The third-order valence-corrected chi connectivity index (χ3v) is 4.11. The van der Waals surface area contributed by atoms with Crippen LogP contribution in [0, 0.1) is 5.92 Å². The van der Waals surface area contributed by atoms with Crippen molar-refractivity contribution in [3.05, 3.63) is 0 Å². The van der Waals surface area contributed by atoms with Crippen LogP contribution in [-0.2, 0) is 19.0 Å². The van der Waals surface area contributed by atoms with Gasteiger partial charge >= 0.3 is 6.18 Å². The van der Waals surface area contributed by atoms with Gasteiger partial charge in [-0.1, -0.05) is 0 Å². The first-order chi connectivity index (χ1) is 9.90. The van der Waals surface area contributed by atoms with Crippen LogP contribution in [0.1, 0.15) is 32.1 Å². The van der Waals surface area contributed by atoms with Crippen LogP contribution >= 0.6 is 0 Å². The van der Waals surface area contributed by atoms with Crippen LogP contribution in [-0.4, -0.2) is 50.6 Å². The van der Waals surface area contributed by atoms with Crippen LogP contribution < -0.4 is 0 Å². The Kier molecular flexibility index (Phi) is 5.62. The lowest BCUT2D eigenvalue weighted by Crippen LogP contribution is -2.46. The maximum atomic E-state index is 12.1. The SMILES string of the molecule is O=C(CCOCC(F)(F)F)C1CCOC2(CCOCC2)C1. The first-order valence-corrected chi connectivity index (χ1v) is 7.29. The molecule has 0 bridgehead atoms. The van der Waals surface area contributed by atoms with Gasteiger partial charge in [0.1, 0.15) is 12.4 Å². The quantitative estimate of drug-likeness (QED) is 0.732. The first-order valence-electron chi connectivity index (χ1n) is 7.29. The van der Waals surface area contributed by atoms with Gasteiger partial charge in [0.2, 0.25) is 0 Å². The van der Waals surface area contributed by atoms with Gasteiger partial charge in [-0.25, -0.2) is 0 Å². The molecule has 0 N–H and O–H groups in total. The number of ketones is 1. The molecule has 2 heterocycles. The van der Waals surface area contributed by atoms with E-state index >= 15 is 0 Å². The minimum Gasteiger partial charge on any atom is -0.381 e. The molecule has 2 saturated heterocycles. The fourth-order valence-electron chi connectivity index (χ4n) is 2.96. The summed E-state index contributed by atoms with van der Waals surface area (Å²) in [6.45, 7) is 0.326. The van der Waals surface area contributed by atoms with E-state index < -0.39 is 12.8 Å². The Morgan fingerprint density at radius 1 is 1.24 bits per heavy atom. The number of rotatable bonds is 5. The molecule has 7 heteroatoms. The van der Waals surface area contributed by atoms with E-state index in [-0.39, 0.29) is 30.3 Å². The molecule has 122 valence electrons. The fourth-order valence-corrected chi connectivity index (χ4v) is 2.96. The third kappa shape index (κ3) is 5.23. The molecule has 0 aromatic rings. The Labute approximate surface area is 121 Å². The maximum Gasteiger partial charge on any atom is 0.411 e. The van der Waals surface area contributed by atoms with Gasteiger partial charge in [-0.15, -0.1) is 0 Å². The van der Waals surface area contributed by atoms with Crippen LogP contribution in [0.2, 0.25) is 0 Å². The van der Waals surface area contributed by atoms with Crippen molar-refractivity contribution in [3.8, 4) is 0 Å². The highest BCUT2D eigenvalue weighted by atomic mass is 19.4. The van der Waals surface area contributed by atoms with Crippen LogP contribution in [0.15, 0.2) is 0 Å². The lowest BCUT2D eigenvalue weighted by molar-refractivity contribution is -0.175. The zero-order chi connectivity index (χ0) is 15.3. The maximum absolute atomic E-state index is 12.1. The van der Waals surface area contributed by atoms with Crippen molar-refractivity contribution in [2.75, 3.05) is 33.0 Å². The minimum atomic E-state index is -4.34. The summed E-state index contributed by atoms with van der Waals surface area (Å²) in [5, 5.41) is 0. The summed E-state index contributed by atoms with van der Waals surface area (Å²) >= 11 is 0. The Hall–Kier alpha value is -0.660. The van der Waals surface area contributed by atoms with Crippen molar-refractivity contribution in [2.24, 2.45) is 5.92 Å². The van der Waals surface area contributed by atoms with E-state index in [0.29, 0.717) is 32.7 Å². The molecule has 1 spiro atoms. The highest BCUT2D eigenvalue weighted by molar-refractivity contribution is 5.81. The standard InChI is InChI=1S/C14H21F3O4/c15-14(16,17)10-20-5-2-12(18)11-1-6-21-13(9-11)3-7-19-8-4-13/h11H,1-10H2.